The van der Waals surface area contributed by atoms with Gasteiger partial charge in [-0.25, -0.2) is 0 Å². The van der Waals surface area contributed by atoms with E-state index in [2.05, 4.69) is 223 Å². The fourth-order valence-electron chi connectivity index (χ4n) is 8.38. The van der Waals surface area contributed by atoms with Crippen molar-refractivity contribution in [3.05, 3.63) is 91.4 Å². The molecule has 0 heterocycles. The van der Waals surface area contributed by atoms with Crippen LogP contribution in [0.5, 0.6) is 0 Å². The summed E-state index contributed by atoms with van der Waals surface area (Å²) in [6, 6.07) is 15.1. The zero-order valence-electron chi connectivity index (χ0n) is 45.1. The van der Waals surface area contributed by atoms with Crippen molar-refractivity contribution < 1.29 is 0 Å². The van der Waals surface area contributed by atoms with E-state index in [4.69, 9.17) is 36.3 Å². The number of hydrogen-bond donors (Lipinski definition) is 1. The SMILES string of the molecule is CC(C)(C)c1cc(C(C)(C)C)c(P([S-])c2c([P+](=S)c3c(C(C)(C)C)cc(C(C)(C)C)cc3C(C)(C)C)c2=[P+](S)c2c(C(C)(C)C)cc(C(C)(C)C)cc2C(C)(C)C)c(C(C)(C)C)c1. The van der Waals surface area contributed by atoms with Crippen LogP contribution in [0.1, 0.15) is 237 Å². The highest BCUT2D eigenvalue weighted by atomic mass is 32.7. The van der Waals surface area contributed by atoms with E-state index in [1.165, 1.54) is 81.5 Å². The van der Waals surface area contributed by atoms with Crippen LogP contribution in [0.2, 0.25) is 0 Å². The molecule has 0 radical (unpaired) electrons. The fourth-order valence-corrected chi connectivity index (χ4v) is 21.3. The topological polar surface area (TPSA) is 0 Å². The van der Waals surface area contributed by atoms with Crippen LogP contribution in [-0.2, 0) is 72.8 Å². The second-order valence-electron chi connectivity index (χ2n) is 28.0. The van der Waals surface area contributed by atoms with Crippen molar-refractivity contribution in [3.8, 4) is 0 Å². The first-order chi connectivity index (χ1) is 27.7. The normalized spacial score (nSPS) is 15.6. The minimum absolute atomic E-state index is 0.000914. The molecule has 4 aromatic carbocycles. The standard InChI is InChI=1S/C57H88P3S3/c1-49(2,3)34-28-37(52(10,11)12)43(38(29-34)53(13,14)15)58(61)46-47(59(62)44-39(54(16,17)18)30-35(50(4,5)6)31-40(44)55(19,20)21)48(46)60(63)45-41(56(22,23)24)32-36(51(7,8)9)33-42(45)57(25,26)27/h28-33H,1-27H3,(H-,61,62)/q+1. The van der Waals surface area contributed by atoms with Crippen LogP contribution < -0.4 is 26.5 Å². The number of hydrogen-bond acceptors (Lipinski definition) is 3. The monoisotopic (exact) mass is 962 g/mol. The van der Waals surface area contributed by atoms with Crippen molar-refractivity contribution in [3.63, 3.8) is 0 Å². The average molecular weight is 962 g/mol. The third-order valence-corrected chi connectivity index (χ3v) is 21.8. The molecule has 3 atom stereocenters. The van der Waals surface area contributed by atoms with Crippen LogP contribution >= 0.6 is 32.8 Å². The zero-order valence-corrected chi connectivity index (χ0v) is 50.3. The van der Waals surface area contributed by atoms with Crippen LogP contribution in [0.3, 0.4) is 0 Å². The van der Waals surface area contributed by atoms with Crippen LogP contribution in [0, 0.1) is 4.94 Å². The summed E-state index contributed by atoms with van der Waals surface area (Å²) in [5.74, 6) is 0. The van der Waals surface area contributed by atoms with Crippen molar-refractivity contribution in [2.45, 2.75) is 236 Å². The van der Waals surface area contributed by atoms with Gasteiger partial charge in [0, 0.05) is 22.3 Å². The van der Waals surface area contributed by atoms with Crippen LogP contribution in [0.25, 0.3) is 0 Å². The van der Waals surface area contributed by atoms with Gasteiger partial charge in [0.15, 0.2) is 22.4 Å². The van der Waals surface area contributed by atoms with E-state index >= 15 is 0 Å². The molecule has 0 aliphatic rings. The summed E-state index contributed by atoms with van der Waals surface area (Å²) in [4.78, 5) is 1.38. The molecule has 348 valence electrons. The van der Waals surface area contributed by atoms with E-state index < -0.39 is 20.6 Å². The molecule has 6 heteroatoms. The van der Waals surface area contributed by atoms with E-state index in [1.807, 2.05) is 0 Å². The lowest BCUT2D eigenvalue weighted by atomic mass is 9.75. The highest BCUT2D eigenvalue weighted by Gasteiger charge is 2.49. The molecule has 4 rings (SSSR count). The number of thiol groups is 1. The van der Waals surface area contributed by atoms with Gasteiger partial charge in [-0.15, -0.1) is 0 Å². The lowest BCUT2D eigenvalue weighted by molar-refractivity contribution is 0.553. The maximum absolute atomic E-state index is 7.22. The molecule has 0 nitrogen and oxygen atoms in total. The van der Waals surface area contributed by atoms with Crippen LogP contribution in [0.4, 0.5) is 0 Å². The minimum atomic E-state index is -1.22. The Hall–Kier alpha value is -0.780. The molecule has 0 aromatic heterocycles. The molecule has 0 aliphatic heterocycles. The molecule has 0 spiro atoms. The molecule has 4 aromatic rings. The predicted octanol–water partition coefficient (Wildman–Crippen LogP) is 16.2. The summed E-state index contributed by atoms with van der Waals surface area (Å²) in [7, 11) is -1.22. The third kappa shape index (κ3) is 11.7. The molecule has 0 amide bonds. The summed E-state index contributed by atoms with van der Waals surface area (Å²) in [6.45, 7) is 61.7. The van der Waals surface area contributed by atoms with Crippen molar-refractivity contribution in [1.29, 1.82) is 0 Å². The molecule has 0 N–H and O–H groups in total. The van der Waals surface area contributed by atoms with Crippen molar-refractivity contribution in [1.82, 2.24) is 0 Å². The summed E-state index contributed by atoms with van der Waals surface area (Å²) >= 11 is 20.4. The van der Waals surface area contributed by atoms with Crippen LogP contribution in [0.15, 0.2) is 36.4 Å². The Morgan fingerprint density at radius 3 is 0.841 bits per heavy atom. The molecule has 0 saturated heterocycles. The zero-order chi connectivity index (χ0) is 49.1. The van der Waals surface area contributed by atoms with Gasteiger partial charge >= 0.3 is 0 Å². The molecular weight excluding hydrogens is 874 g/mol. The van der Waals surface area contributed by atoms with Gasteiger partial charge in [0.25, 0.3) is 6.70 Å². The second kappa shape index (κ2) is 17.3. The van der Waals surface area contributed by atoms with Crippen LogP contribution in [-0.4, -0.2) is 0 Å². The van der Waals surface area contributed by atoms with Gasteiger partial charge < -0.3 is 12.2 Å². The lowest BCUT2D eigenvalue weighted by Crippen LogP contribution is -2.33. The Balaban J connectivity index is 2.41. The lowest BCUT2D eigenvalue weighted by Gasteiger charge is -2.38. The first kappa shape index (κ1) is 54.8. The second-order valence-corrected chi connectivity index (χ2v) is 35.8. The molecule has 0 bridgehead atoms. The Kier molecular flexibility index (Phi) is 15.1. The number of benzene rings is 3. The van der Waals surface area contributed by atoms with E-state index in [9.17, 15) is 0 Å². The van der Waals surface area contributed by atoms with E-state index in [0.29, 0.717) is 0 Å². The minimum Gasteiger partial charge on any atom is -0.749 e. The van der Waals surface area contributed by atoms with Gasteiger partial charge in [-0.05, 0) is 81.9 Å². The Bertz CT molecular complexity index is 2310. The first-order valence-corrected chi connectivity index (χ1v) is 30.6. The van der Waals surface area contributed by atoms with E-state index in [1.54, 1.807) is 0 Å². The highest BCUT2D eigenvalue weighted by Crippen LogP contribution is 2.52. The molecule has 0 saturated carbocycles. The molecule has 0 fully saturated rings. The molecule has 3 unspecified atom stereocenters. The maximum Gasteiger partial charge on any atom is 0.256 e. The summed E-state index contributed by atoms with van der Waals surface area (Å²) in [5, 5.41) is 6.87. The Morgan fingerprint density at radius 1 is 0.365 bits per heavy atom. The van der Waals surface area contributed by atoms with Gasteiger partial charge in [-0.1, -0.05) is 223 Å². The first-order valence-electron chi connectivity index (χ1n) is 23.4. The molecular formula is C57H88P3S3+. The van der Waals surface area contributed by atoms with Crippen molar-refractivity contribution in [2.75, 3.05) is 0 Å². The fraction of sp³-hybridized carbons (Fsp3) is 0.632. The smallest absolute Gasteiger partial charge is 0.256 e. The van der Waals surface area contributed by atoms with Gasteiger partial charge in [-0.3, -0.25) is 0 Å². The van der Waals surface area contributed by atoms with Crippen molar-refractivity contribution in [2.24, 2.45) is 0 Å². The Morgan fingerprint density at radius 2 is 0.603 bits per heavy atom. The van der Waals surface area contributed by atoms with Gasteiger partial charge in [0.1, 0.15) is 0 Å². The number of rotatable bonds is 5. The largest absolute Gasteiger partial charge is 0.749 e. The molecule has 0 aliphatic carbocycles. The van der Waals surface area contributed by atoms with Crippen molar-refractivity contribution >= 4 is 83.4 Å². The van der Waals surface area contributed by atoms with E-state index in [-0.39, 0.29) is 48.7 Å². The Labute approximate surface area is 407 Å². The van der Waals surface area contributed by atoms with Gasteiger partial charge in [0.05, 0.1) is 17.6 Å². The predicted molar refractivity (Wildman–Crippen MR) is 302 cm³/mol. The summed E-state index contributed by atoms with van der Waals surface area (Å²) in [5.41, 5.74) is 11.8. The van der Waals surface area contributed by atoms with Gasteiger partial charge in [0.2, 0.25) is 17.0 Å². The summed E-state index contributed by atoms with van der Waals surface area (Å²) in [6.07, 6.45) is 0. The quantitative estimate of drug-likeness (QED) is 0.120. The highest BCUT2D eigenvalue weighted by molar-refractivity contribution is 8.45. The maximum atomic E-state index is 7.22. The van der Waals surface area contributed by atoms with Gasteiger partial charge in [-0.2, -0.15) is 7.12 Å². The summed E-state index contributed by atoms with van der Waals surface area (Å²) < 4.78 is 0. The average Bonchev–Trinajstić information content (AvgIpc) is 3.81. The third-order valence-electron chi connectivity index (χ3n) is 12.6. The molecule has 63 heavy (non-hydrogen) atoms. The van der Waals surface area contributed by atoms with E-state index in [0.717, 1.165) is 0 Å².